The van der Waals surface area contributed by atoms with E-state index in [0.717, 1.165) is 12.2 Å². The lowest BCUT2D eigenvalue weighted by Gasteiger charge is -2.42. The second kappa shape index (κ2) is 5.65. The van der Waals surface area contributed by atoms with E-state index in [-0.39, 0.29) is 0 Å². The molecule has 0 aromatic heterocycles. The van der Waals surface area contributed by atoms with Crippen LogP contribution in [-0.2, 0) is 0 Å². The minimum atomic E-state index is 0.453. The summed E-state index contributed by atoms with van der Waals surface area (Å²) < 4.78 is 5.91. The van der Waals surface area contributed by atoms with Gasteiger partial charge in [-0.3, -0.25) is 0 Å². The fourth-order valence-corrected chi connectivity index (χ4v) is 3.00. The maximum atomic E-state index is 9.50. The molecule has 0 N–H and O–H groups in total. The molecule has 1 fully saturated rings. The standard InChI is InChI=1S/C16H20N4O/c1-19(2)11-18-14-6-7-15-16(13(14)9-17)21-10-12-5-3-4-8-20(12)15/h6-7,11-12H,3-5,8,10H2,1-2H3/t12-/m1/s1. The summed E-state index contributed by atoms with van der Waals surface area (Å²) in [6.45, 7) is 1.72. The average Bonchev–Trinajstić information content (AvgIpc) is 2.51. The van der Waals surface area contributed by atoms with Crippen molar-refractivity contribution < 1.29 is 4.74 Å². The van der Waals surface area contributed by atoms with Gasteiger partial charge in [0.25, 0.3) is 0 Å². The number of benzene rings is 1. The van der Waals surface area contributed by atoms with Crippen molar-refractivity contribution in [1.29, 1.82) is 5.26 Å². The molecule has 1 aromatic carbocycles. The number of rotatable bonds is 2. The van der Waals surface area contributed by atoms with E-state index in [0.29, 0.717) is 29.6 Å². The molecule has 5 nitrogen and oxygen atoms in total. The molecule has 1 atom stereocenters. The predicted octanol–water partition coefficient (Wildman–Crippen LogP) is 2.53. The number of nitriles is 1. The maximum absolute atomic E-state index is 9.50. The molecule has 5 heteroatoms. The molecule has 0 spiro atoms. The van der Waals surface area contributed by atoms with Gasteiger partial charge in [-0.25, -0.2) is 4.99 Å². The number of ether oxygens (including phenoxy) is 1. The van der Waals surface area contributed by atoms with Crippen molar-refractivity contribution in [2.45, 2.75) is 25.3 Å². The van der Waals surface area contributed by atoms with Gasteiger partial charge in [0.15, 0.2) is 5.75 Å². The van der Waals surface area contributed by atoms with Crippen LogP contribution >= 0.6 is 0 Å². The van der Waals surface area contributed by atoms with Gasteiger partial charge in [0.2, 0.25) is 0 Å². The molecule has 0 saturated carbocycles. The number of hydrogen-bond acceptors (Lipinski definition) is 4. The lowest BCUT2D eigenvalue weighted by molar-refractivity contribution is 0.240. The van der Waals surface area contributed by atoms with Gasteiger partial charge in [0.1, 0.15) is 18.2 Å². The Kier molecular flexibility index (Phi) is 3.70. The van der Waals surface area contributed by atoms with Gasteiger partial charge in [0, 0.05) is 20.6 Å². The fourth-order valence-electron chi connectivity index (χ4n) is 3.00. The largest absolute Gasteiger partial charge is 0.488 e. The predicted molar refractivity (Wildman–Crippen MR) is 83.5 cm³/mol. The first-order valence-electron chi connectivity index (χ1n) is 7.38. The number of fused-ring (bicyclic) bond motifs is 3. The molecule has 2 aliphatic heterocycles. The van der Waals surface area contributed by atoms with Gasteiger partial charge >= 0.3 is 0 Å². The Bertz CT molecular complexity index is 603. The zero-order chi connectivity index (χ0) is 14.8. The van der Waals surface area contributed by atoms with Crippen LogP contribution in [-0.4, -0.2) is 44.5 Å². The monoisotopic (exact) mass is 284 g/mol. The summed E-state index contributed by atoms with van der Waals surface area (Å²) in [5, 5.41) is 9.50. The molecule has 0 bridgehead atoms. The van der Waals surface area contributed by atoms with Crippen molar-refractivity contribution in [3.63, 3.8) is 0 Å². The van der Waals surface area contributed by atoms with Gasteiger partial charge in [0.05, 0.1) is 23.8 Å². The Morgan fingerprint density at radius 1 is 1.43 bits per heavy atom. The van der Waals surface area contributed by atoms with E-state index in [1.165, 1.54) is 19.3 Å². The molecule has 3 rings (SSSR count). The molecule has 0 unspecified atom stereocenters. The molecular formula is C16H20N4O. The molecule has 21 heavy (non-hydrogen) atoms. The van der Waals surface area contributed by atoms with E-state index < -0.39 is 0 Å². The summed E-state index contributed by atoms with van der Waals surface area (Å²) in [6, 6.07) is 6.66. The van der Waals surface area contributed by atoms with Crippen LogP contribution in [0.5, 0.6) is 5.75 Å². The van der Waals surface area contributed by atoms with Crippen molar-refractivity contribution >= 4 is 17.7 Å². The van der Waals surface area contributed by atoms with Crippen molar-refractivity contribution in [3.8, 4) is 11.8 Å². The summed E-state index contributed by atoms with van der Waals surface area (Å²) >= 11 is 0. The van der Waals surface area contributed by atoms with Crippen molar-refractivity contribution in [1.82, 2.24) is 4.90 Å². The molecule has 2 heterocycles. The topological polar surface area (TPSA) is 51.9 Å². The highest BCUT2D eigenvalue weighted by Gasteiger charge is 2.31. The third kappa shape index (κ3) is 2.54. The highest BCUT2D eigenvalue weighted by atomic mass is 16.5. The number of anilines is 1. The van der Waals surface area contributed by atoms with Crippen LogP contribution in [0.3, 0.4) is 0 Å². The summed E-state index contributed by atoms with van der Waals surface area (Å²) in [5.41, 5.74) is 2.25. The van der Waals surface area contributed by atoms with Gasteiger partial charge in [-0.1, -0.05) is 0 Å². The number of piperidine rings is 1. The number of aliphatic imine (C=N–C) groups is 1. The van der Waals surface area contributed by atoms with Crippen LogP contribution in [0.15, 0.2) is 17.1 Å². The van der Waals surface area contributed by atoms with Crippen LogP contribution in [0.4, 0.5) is 11.4 Å². The normalized spacial score (nSPS) is 20.4. The van der Waals surface area contributed by atoms with Crippen molar-refractivity contribution in [2.75, 3.05) is 32.1 Å². The highest BCUT2D eigenvalue weighted by Crippen LogP contribution is 2.42. The fraction of sp³-hybridized carbons (Fsp3) is 0.500. The van der Waals surface area contributed by atoms with Gasteiger partial charge in [-0.15, -0.1) is 0 Å². The molecule has 110 valence electrons. The Morgan fingerprint density at radius 3 is 3.05 bits per heavy atom. The summed E-state index contributed by atoms with van der Waals surface area (Å²) in [7, 11) is 3.81. The lowest BCUT2D eigenvalue weighted by Crippen LogP contribution is -2.46. The first-order chi connectivity index (χ1) is 10.2. The van der Waals surface area contributed by atoms with Crippen molar-refractivity contribution in [3.05, 3.63) is 17.7 Å². The first-order valence-corrected chi connectivity index (χ1v) is 7.38. The van der Waals surface area contributed by atoms with Crippen molar-refractivity contribution in [2.24, 2.45) is 4.99 Å². The minimum absolute atomic E-state index is 0.453. The molecule has 0 aliphatic carbocycles. The summed E-state index contributed by atoms with van der Waals surface area (Å²) in [6.07, 6.45) is 5.34. The Morgan fingerprint density at radius 2 is 2.29 bits per heavy atom. The number of nitrogens with zero attached hydrogens (tertiary/aromatic N) is 4. The van der Waals surface area contributed by atoms with Gasteiger partial charge in [-0.05, 0) is 31.4 Å². The van der Waals surface area contributed by atoms with E-state index in [4.69, 9.17) is 4.74 Å². The summed E-state index contributed by atoms with van der Waals surface area (Å²) in [5.74, 6) is 0.698. The molecule has 1 aromatic rings. The summed E-state index contributed by atoms with van der Waals surface area (Å²) in [4.78, 5) is 8.61. The zero-order valence-corrected chi connectivity index (χ0v) is 12.5. The number of hydrogen-bond donors (Lipinski definition) is 0. The van der Waals surface area contributed by atoms with Crippen LogP contribution in [0.25, 0.3) is 0 Å². The Balaban J connectivity index is 2.01. The second-order valence-electron chi connectivity index (χ2n) is 5.78. The van der Waals surface area contributed by atoms with E-state index >= 15 is 0 Å². The first kappa shape index (κ1) is 13.7. The SMILES string of the molecule is CN(C)C=Nc1ccc2c(c1C#N)OC[C@H]1CCCCN21. The van der Waals surface area contributed by atoms with E-state index in [9.17, 15) is 5.26 Å². The zero-order valence-electron chi connectivity index (χ0n) is 12.5. The smallest absolute Gasteiger partial charge is 0.162 e. The molecule has 1 saturated heterocycles. The maximum Gasteiger partial charge on any atom is 0.162 e. The minimum Gasteiger partial charge on any atom is -0.488 e. The molecular weight excluding hydrogens is 264 g/mol. The van der Waals surface area contributed by atoms with Crippen LogP contribution in [0.1, 0.15) is 24.8 Å². The Hall–Kier alpha value is -2.22. The van der Waals surface area contributed by atoms with Gasteiger partial charge < -0.3 is 14.5 Å². The van der Waals surface area contributed by atoms with Crippen LogP contribution < -0.4 is 9.64 Å². The molecule has 0 radical (unpaired) electrons. The van der Waals surface area contributed by atoms with E-state index in [2.05, 4.69) is 16.0 Å². The quantitative estimate of drug-likeness (QED) is 0.618. The van der Waals surface area contributed by atoms with Gasteiger partial charge in [-0.2, -0.15) is 5.26 Å². The van der Waals surface area contributed by atoms with Crippen LogP contribution in [0, 0.1) is 11.3 Å². The molecule has 0 amide bonds. The third-order valence-electron chi connectivity index (χ3n) is 4.01. The Labute approximate surface area is 125 Å². The average molecular weight is 284 g/mol. The highest BCUT2D eigenvalue weighted by molar-refractivity contribution is 5.76. The second-order valence-corrected chi connectivity index (χ2v) is 5.78. The lowest BCUT2D eigenvalue weighted by atomic mass is 9.98. The van der Waals surface area contributed by atoms with E-state index in [1.807, 2.05) is 31.1 Å². The van der Waals surface area contributed by atoms with Crippen LogP contribution in [0.2, 0.25) is 0 Å². The molecule has 2 aliphatic rings. The third-order valence-corrected chi connectivity index (χ3v) is 4.01. The van der Waals surface area contributed by atoms with E-state index in [1.54, 1.807) is 6.34 Å².